The number of hydrogen-bond acceptors (Lipinski definition) is 2. The summed E-state index contributed by atoms with van der Waals surface area (Å²) in [5, 5.41) is 4.96. The molecule has 1 fully saturated rings. The maximum atomic E-state index is 6.04. The van der Waals surface area contributed by atoms with Gasteiger partial charge < -0.3 is 5.32 Å². The third kappa shape index (κ3) is 4.02. The molecule has 0 bridgehead atoms. The average Bonchev–Trinajstić information content (AvgIpc) is 2.56. The van der Waals surface area contributed by atoms with Crippen LogP contribution in [-0.4, -0.2) is 37.6 Å². The number of piperazine rings is 1. The molecule has 0 spiro atoms. The van der Waals surface area contributed by atoms with Gasteiger partial charge in [0, 0.05) is 48.7 Å². The van der Waals surface area contributed by atoms with Crippen LogP contribution in [0.4, 0.5) is 0 Å². The van der Waals surface area contributed by atoms with E-state index in [2.05, 4.69) is 34.5 Å². The molecule has 0 amide bonds. The van der Waals surface area contributed by atoms with Crippen molar-refractivity contribution in [3.05, 3.63) is 69.7 Å². The van der Waals surface area contributed by atoms with Gasteiger partial charge in [0.05, 0.1) is 0 Å². The highest BCUT2D eigenvalue weighted by atomic mass is 35.5. The first-order chi connectivity index (χ1) is 10.7. The van der Waals surface area contributed by atoms with E-state index in [1.165, 1.54) is 11.1 Å². The number of hydrogen-bond donors (Lipinski definition) is 1. The van der Waals surface area contributed by atoms with E-state index in [1.807, 2.05) is 24.3 Å². The van der Waals surface area contributed by atoms with Crippen LogP contribution in [0, 0.1) is 0 Å². The van der Waals surface area contributed by atoms with Gasteiger partial charge >= 0.3 is 0 Å². The van der Waals surface area contributed by atoms with E-state index in [0.717, 1.165) is 42.8 Å². The van der Waals surface area contributed by atoms with E-state index in [0.29, 0.717) is 5.92 Å². The van der Waals surface area contributed by atoms with Crippen LogP contribution in [0.5, 0.6) is 0 Å². The van der Waals surface area contributed by atoms with E-state index in [9.17, 15) is 0 Å². The molecule has 1 N–H and O–H groups in total. The van der Waals surface area contributed by atoms with Gasteiger partial charge in [0.25, 0.3) is 0 Å². The maximum Gasteiger partial charge on any atom is 0.0406 e. The molecule has 2 nitrogen and oxygen atoms in total. The lowest BCUT2D eigenvalue weighted by Gasteiger charge is -2.31. The standard InChI is InChI=1S/C18H20Cl2N2/c19-16-5-1-14(2-6-16)18(13-22-11-9-21-10-12-22)15-3-7-17(20)8-4-15/h1-8,18,21H,9-13H2. The van der Waals surface area contributed by atoms with Crippen molar-refractivity contribution < 1.29 is 0 Å². The molecule has 0 saturated carbocycles. The second-order valence-corrected chi connectivity index (χ2v) is 6.58. The summed E-state index contributed by atoms with van der Waals surface area (Å²) in [6.45, 7) is 5.34. The molecule has 0 radical (unpaired) electrons. The molecular formula is C18H20Cl2N2. The molecule has 0 atom stereocenters. The normalized spacial score (nSPS) is 16.1. The van der Waals surface area contributed by atoms with Crippen molar-refractivity contribution in [2.24, 2.45) is 0 Å². The second-order valence-electron chi connectivity index (χ2n) is 5.71. The third-order valence-corrected chi connectivity index (χ3v) is 4.70. The Morgan fingerprint density at radius 1 is 0.818 bits per heavy atom. The van der Waals surface area contributed by atoms with E-state index >= 15 is 0 Å². The molecule has 0 aliphatic carbocycles. The van der Waals surface area contributed by atoms with Crippen molar-refractivity contribution >= 4 is 23.2 Å². The molecule has 2 aromatic carbocycles. The highest BCUT2D eigenvalue weighted by Crippen LogP contribution is 2.28. The second kappa shape index (κ2) is 7.47. The fourth-order valence-electron chi connectivity index (χ4n) is 2.95. The summed E-state index contributed by atoms with van der Waals surface area (Å²) in [6.07, 6.45) is 0. The van der Waals surface area contributed by atoms with E-state index in [4.69, 9.17) is 23.2 Å². The van der Waals surface area contributed by atoms with Gasteiger partial charge in [0.2, 0.25) is 0 Å². The third-order valence-electron chi connectivity index (χ3n) is 4.20. The lowest BCUT2D eigenvalue weighted by atomic mass is 9.90. The van der Waals surface area contributed by atoms with Crippen molar-refractivity contribution in [1.82, 2.24) is 10.2 Å². The Bertz CT molecular complexity index is 544. The first-order valence-corrected chi connectivity index (χ1v) is 8.42. The zero-order chi connectivity index (χ0) is 15.4. The molecule has 1 aliphatic heterocycles. The molecule has 116 valence electrons. The van der Waals surface area contributed by atoms with Crippen molar-refractivity contribution in [1.29, 1.82) is 0 Å². The van der Waals surface area contributed by atoms with Gasteiger partial charge in [-0.05, 0) is 35.4 Å². The van der Waals surface area contributed by atoms with E-state index in [1.54, 1.807) is 0 Å². The lowest BCUT2D eigenvalue weighted by Crippen LogP contribution is -2.45. The van der Waals surface area contributed by atoms with Gasteiger partial charge in [-0.15, -0.1) is 0 Å². The molecule has 4 heteroatoms. The van der Waals surface area contributed by atoms with Crippen LogP contribution < -0.4 is 5.32 Å². The summed E-state index contributed by atoms with van der Waals surface area (Å²) in [6, 6.07) is 16.4. The Balaban J connectivity index is 1.86. The first-order valence-electron chi connectivity index (χ1n) is 7.66. The van der Waals surface area contributed by atoms with Crippen LogP contribution in [0.2, 0.25) is 10.0 Å². The van der Waals surface area contributed by atoms with Crippen LogP contribution in [-0.2, 0) is 0 Å². The molecule has 0 aromatic heterocycles. The largest absolute Gasteiger partial charge is 0.314 e. The van der Waals surface area contributed by atoms with Crippen molar-refractivity contribution in [3.8, 4) is 0 Å². The van der Waals surface area contributed by atoms with Crippen LogP contribution in [0.3, 0.4) is 0 Å². The van der Waals surface area contributed by atoms with Crippen LogP contribution in [0.1, 0.15) is 17.0 Å². The minimum atomic E-state index is 0.340. The minimum absolute atomic E-state index is 0.340. The summed E-state index contributed by atoms with van der Waals surface area (Å²) in [5.41, 5.74) is 2.59. The SMILES string of the molecule is Clc1ccc(C(CN2CCNCC2)c2ccc(Cl)cc2)cc1. The predicted molar refractivity (Wildman–Crippen MR) is 94.1 cm³/mol. The lowest BCUT2D eigenvalue weighted by molar-refractivity contribution is 0.234. The predicted octanol–water partition coefficient (Wildman–Crippen LogP) is 4.03. The molecular weight excluding hydrogens is 315 g/mol. The maximum absolute atomic E-state index is 6.04. The summed E-state index contributed by atoms with van der Waals surface area (Å²) in [4.78, 5) is 2.52. The summed E-state index contributed by atoms with van der Waals surface area (Å²) >= 11 is 12.1. The van der Waals surface area contributed by atoms with Gasteiger partial charge in [-0.3, -0.25) is 4.90 Å². The van der Waals surface area contributed by atoms with Crippen LogP contribution in [0.15, 0.2) is 48.5 Å². The minimum Gasteiger partial charge on any atom is -0.314 e. The molecule has 1 aliphatic rings. The molecule has 2 aromatic rings. The summed E-state index contributed by atoms with van der Waals surface area (Å²) in [5.74, 6) is 0.340. The zero-order valence-electron chi connectivity index (χ0n) is 12.4. The van der Waals surface area contributed by atoms with Gasteiger partial charge in [0.1, 0.15) is 0 Å². The molecule has 3 rings (SSSR count). The zero-order valence-corrected chi connectivity index (χ0v) is 13.9. The van der Waals surface area contributed by atoms with Gasteiger partial charge in [-0.25, -0.2) is 0 Å². The number of rotatable bonds is 4. The highest BCUT2D eigenvalue weighted by Gasteiger charge is 2.19. The van der Waals surface area contributed by atoms with Crippen LogP contribution in [0.25, 0.3) is 0 Å². The summed E-state index contributed by atoms with van der Waals surface area (Å²) in [7, 11) is 0. The molecule has 1 heterocycles. The Kier molecular flexibility index (Phi) is 5.37. The topological polar surface area (TPSA) is 15.3 Å². The molecule has 22 heavy (non-hydrogen) atoms. The van der Waals surface area contributed by atoms with Gasteiger partial charge in [-0.2, -0.15) is 0 Å². The fraction of sp³-hybridized carbons (Fsp3) is 0.333. The Hall–Kier alpha value is -1.06. The Morgan fingerprint density at radius 3 is 1.73 bits per heavy atom. The first kappa shape index (κ1) is 15.8. The smallest absolute Gasteiger partial charge is 0.0406 e. The number of nitrogens with zero attached hydrogens (tertiary/aromatic N) is 1. The highest BCUT2D eigenvalue weighted by molar-refractivity contribution is 6.30. The number of halogens is 2. The Morgan fingerprint density at radius 2 is 1.27 bits per heavy atom. The number of nitrogens with one attached hydrogen (secondary N) is 1. The van der Waals surface area contributed by atoms with Gasteiger partial charge in [-0.1, -0.05) is 47.5 Å². The fourth-order valence-corrected chi connectivity index (χ4v) is 3.20. The molecule has 0 unspecified atom stereocenters. The number of benzene rings is 2. The van der Waals surface area contributed by atoms with Crippen molar-refractivity contribution in [2.45, 2.75) is 5.92 Å². The van der Waals surface area contributed by atoms with E-state index in [-0.39, 0.29) is 0 Å². The Labute approximate surface area is 142 Å². The van der Waals surface area contributed by atoms with Crippen molar-refractivity contribution in [2.75, 3.05) is 32.7 Å². The van der Waals surface area contributed by atoms with Crippen molar-refractivity contribution in [3.63, 3.8) is 0 Å². The quantitative estimate of drug-likeness (QED) is 0.907. The average molecular weight is 335 g/mol. The monoisotopic (exact) mass is 334 g/mol. The molecule has 1 saturated heterocycles. The van der Waals surface area contributed by atoms with E-state index < -0.39 is 0 Å². The summed E-state index contributed by atoms with van der Waals surface area (Å²) < 4.78 is 0. The van der Waals surface area contributed by atoms with Crippen LogP contribution >= 0.6 is 23.2 Å². The van der Waals surface area contributed by atoms with Gasteiger partial charge in [0.15, 0.2) is 0 Å².